The summed E-state index contributed by atoms with van der Waals surface area (Å²) in [7, 11) is -3.73. The summed E-state index contributed by atoms with van der Waals surface area (Å²) in [5, 5.41) is 5.52. The number of carbonyl (C=O) groups is 2. The number of rotatable bonds is 15. The van der Waals surface area contributed by atoms with Crippen molar-refractivity contribution in [2.24, 2.45) is 0 Å². The number of hydrogen-bond acceptors (Lipinski definition) is 10. The minimum absolute atomic E-state index is 0.133. The molecule has 5 atom stereocenters. The zero-order chi connectivity index (χ0) is 27.9. The van der Waals surface area contributed by atoms with E-state index in [1.54, 1.807) is 6.92 Å². The van der Waals surface area contributed by atoms with Gasteiger partial charge in [-0.25, -0.2) is 29.5 Å². The molecule has 0 saturated heterocycles. The van der Waals surface area contributed by atoms with E-state index in [1.165, 1.54) is 24.1 Å². The van der Waals surface area contributed by atoms with E-state index in [1.807, 2.05) is 13.8 Å². The molecule has 38 heavy (non-hydrogen) atoms. The van der Waals surface area contributed by atoms with E-state index in [4.69, 9.17) is 19.9 Å². The molecule has 0 saturated carbocycles. The number of nitrogen functional groups attached to an aromatic ring is 1. The molecule has 0 radical (unpaired) electrons. The van der Waals surface area contributed by atoms with E-state index >= 15 is 0 Å². The van der Waals surface area contributed by atoms with Gasteiger partial charge in [0.25, 0.3) is 0 Å². The fourth-order valence-corrected chi connectivity index (χ4v) is 5.79. The Hall–Kier alpha value is -2.77. The monoisotopic (exact) mass is 555 g/mol. The summed E-state index contributed by atoms with van der Waals surface area (Å²) in [6.07, 6.45) is 3.13. The summed E-state index contributed by atoms with van der Waals surface area (Å²) < 4.78 is 46.4. The Balaban J connectivity index is 1.71. The number of anilines is 1. The van der Waals surface area contributed by atoms with Gasteiger partial charge in [-0.1, -0.05) is 20.3 Å². The molecular formula is C23H35FN7O6P. The first kappa shape index (κ1) is 29.8. The van der Waals surface area contributed by atoms with Crippen LogP contribution in [0.15, 0.2) is 24.6 Å². The molecule has 3 rings (SSSR count). The summed E-state index contributed by atoms with van der Waals surface area (Å²) in [5.41, 5.74) is 6.35. The van der Waals surface area contributed by atoms with Crippen LogP contribution in [-0.4, -0.2) is 62.6 Å². The number of fused-ring (bicyclic) bond motifs is 1. The van der Waals surface area contributed by atoms with Crippen LogP contribution in [0.4, 0.5) is 10.2 Å². The van der Waals surface area contributed by atoms with Crippen LogP contribution >= 0.6 is 7.44 Å². The maximum absolute atomic E-state index is 14.8. The Morgan fingerprint density at radius 1 is 1.21 bits per heavy atom. The average molecular weight is 556 g/mol. The predicted molar refractivity (Wildman–Crippen MR) is 137 cm³/mol. The number of esters is 1. The minimum Gasteiger partial charge on any atom is -0.465 e. The second-order valence-corrected chi connectivity index (χ2v) is 11.2. The molecule has 15 heteroatoms. The highest BCUT2D eigenvalue weighted by Crippen LogP contribution is 2.40. The van der Waals surface area contributed by atoms with Crippen molar-refractivity contribution in [1.82, 2.24) is 29.7 Å². The number of Topliss-reactive ketones (excluding diaryl/α,β-unsaturated/α-hetero) is 1. The third-order valence-electron chi connectivity index (χ3n) is 5.72. The smallest absolute Gasteiger partial charge is 0.323 e. The van der Waals surface area contributed by atoms with Gasteiger partial charge in [-0.3, -0.25) is 18.7 Å². The number of carbonyl (C=O) groups excluding carboxylic acids is 2. The zero-order valence-corrected chi connectivity index (χ0v) is 22.8. The van der Waals surface area contributed by atoms with Crippen LogP contribution in [0.5, 0.6) is 0 Å². The number of ether oxygens (including phenoxy) is 3. The SMILES string of the molecule is CCCCC(=O)[C@H](C)NP(=O)(CO[C@@H]1C=C(F)[C@H](n2cnc3c(N)ncnc32)O1)N[C@@H](C)C(=O)OCCC. The number of ketones is 1. The number of unbranched alkanes of at least 4 members (excludes halogenated alkanes) is 1. The van der Waals surface area contributed by atoms with E-state index in [-0.39, 0.29) is 29.4 Å². The van der Waals surface area contributed by atoms with Crippen LogP contribution in [0.25, 0.3) is 11.2 Å². The van der Waals surface area contributed by atoms with Gasteiger partial charge < -0.3 is 19.9 Å². The van der Waals surface area contributed by atoms with Crippen molar-refractivity contribution in [3.8, 4) is 0 Å². The topological polar surface area (TPSA) is 173 Å². The molecule has 4 N–H and O–H groups in total. The van der Waals surface area contributed by atoms with Crippen molar-refractivity contribution >= 4 is 36.2 Å². The highest BCUT2D eigenvalue weighted by atomic mass is 31.2. The van der Waals surface area contributed by atoms with Gasteiger partial charge in [0.05, 0.1) is 19.0 Å². The molecule has 0 fully saturated rings. The normalized spacial score (nSPS) is 20.6. The lowest BCUT2D eigenvalue weighted by molar-refractivity contribution is -0.145. The molecule has 0 amide bonds. The third kappa shape index (κ3) is 7.41. The molecule has 210 valence electrons. The molecule has 0 aromatic carbocycles. The first-order valence-electron chi connectivity index (χ1n) is 12.5. The number of hydrogen-bond donors (Lipinski definition) is 3. The molecule has 2 aromatic heterocycles. The number of nitrogens with zero attached hydrogens (tertiary/aromatic N) is 4. The van der Waals surface area contributed by atoms with Crippen LogP contribution in [0.2, 0.25) is 0 Å². The van der Waals surface area contributed by atoms with E-state index in [0.717, 1.165) is 12.5 Å². The molecule has 1 aliphatic rings. The standard InChI is InChI=1S/C23H35FN7O6P/c1-5-7-8-17(32)14(3)29-38(34,30-15(4)23(33)35-9-6-2)13-36-18-10-16(24)22(37-18)31-12-28-19-20(25)26-11-27-21(19)31/h10-12,14-15,18,22H,5-9,13H2,1-4H3,(H2,25,26,27)(H2,29,30,34)/t14-,15-,18-,22+,38?/m0/s1. The van der Waals surface area contributed by atoms with Crippen LogP contribution in [0, 0.1) is 0 Å². The van der Waals surface area contributed by atoms with Gasteiger partial charge in [-0.2, -0.15) is 0 Å². The number of nitrogens with one attached hydrogen (secondary N) is 2. The quantitative estimate of drug-likeness (QED) is 0.217. The van der Waals surface area contributed by atoms with E-state index in [0.29, 0.717) is 19.3 Å². The van der Waals surface area contributed by atoms with Crippen molar-refractivity contribution in [3.05, 3.63) is 24.6 Å². The van der Waals surface area contributed by atoms with Crippen LogP contribution in [0.1, 0.15) is 59.6 Å². The van der Waals surface area contributed by atoms with Gasteiger partial charge in [-0.15, -0.1) is 0 Å². The van der Waals surface area contributed by atoms with Crippen molar-refractivity contribution in [2.45, 2.75) is 78.0 Å². The lowest BCUT2D eigenvalue weighted by Gasteiger charge is -2.27. The molecule has 13 nitrogen and oxygen atoms in total. The Morgan fingerprint density at radius 2 is 1.95 bits per heavy atom. The number of nitrogens with two attached hydrogens (primary N) is 1. The van der Waals surface area contributed by atoms with Crippen molar-refractivity contribution in [3.63, 3.8) is 0 Å². The van der Waals surface area contributed by atoms with E-state index < -0.39 is 50.2 Å². The second-order valence-electron chi connectivity index (χ2n) is 8.97. The highest BCUT2D eigenvalue weighted by molar-refractivity contribution is 7.59. The Morgan fingerprint density at radius 3 is 2.66 bits per heavy atom. The Bertz CT molecular complexity index is 1180. The zero-order valence-electron chi connectivity index (χ0n) is 21.9. The van der Waals surface area contributed by atoms with E-state index in [9.17, 15) is 18.5 Å². The van der Waals surface area contributed by atoms with Gasteiger partial charge in [0.1, 0.15) is 30.0 Å². The molecule has 2 aromatic rings. The van der Waals surface area contributed by atoms with Crippen molar-refractivity contribution in [2.75, 3.05) is 18.7 Å². The Kier molecular flexibility index (Phi) is 10.5. The van der Waals surface area contributed by atoms with Gasteiger partial charge in [0.15, 0.2) is 29.8 Å². The first-order chi connectivity index (χ1) is 18.1. The minimum atomic E-state index is -3.73. The van der Waals surface area contributed by atoms with E-state index in [2.05, 4.69) is 25.1 Å². The summed E-state index contributed by atoms with van der Waals surface area (Å²) in [6.45, 7) is 7.11. The molecular weight excluding hydrogens is 520 g/mol. The molecule has 0 spiro atoms. The fourth-order valence-electron chi connectivity index (χ4n) is 3.71. The summed E-state index contributed by atoms with van der Waals surface area (Å²) in [6, 6.07) is -1.75. The largest absolute Gasteiger partial charge is 0.465 e. The molecule has 1 unspecified atom stereocenters. The van der Waals surface area contributed by atoms with Crippen LogP contribution in [-0.2, 0) is 28.4 Å². The van der Waals surface area contributed by atoms with Crippen LogP contribution < -0.4 is 15.9 Å². The summed E-state index contributed by atoms with van der Waals surface area (Å²) in [5.74, 6) is -1.28. The van der Waals surface area contributed by atoms with Gasteiger partial charge in [-0.05, 0) is 26.7 Å². The highest BCUT2D eigenvalue weighted by Gasteiger charge is 2.36. The molecule has 3 heterocycles. The Labute approximate surface area is 220 Å². The van der Waals surface area contributed by atoms with Gasteiger partial charge >= 0.3 is 5.97 Å². The third-order valence-corrected chi connectivity index (χ3v) is 7.84. The molecule has 0 bridgehead atoms. The maximum Gasteiger partial charge on any atom is 0.323 e. The number of aromatic nitrogens is 4. The molecule has 1 aliphatic heterocycles. The van der Waals surface area contributed by atoms with Gasteiger partial charge in [0, 0.05) is 12.5 Å². The average Bonchev–Trinajstić information content (AvgIpc) is 3.48. The van der Waals surface area contributed by atoms with Gasteiger partial charge in [0.2, 0.25) is 7.44 Å². The summed E-state index contributed by atoms with van der Waals surface area (Å²) in [4.78, 5) is 36.8. The number of halogens is 1. The fraction of sp³-hybridized carbons (Fsp3) is 0.609. The first-order valence-corrected chi connectivity index (χ1v) is 14.4. The van der Waals surface area contributed by atoms with Crippen molar-refractivity contribution in [1.29, 1.82) is 0 Å². The van der Waals surface area contributed by atoms with Crippen molar-refractivity contribution < 1.29 is 32.8 Å². The van der Waals surface area contributed by atoms with Crippen LogP contribution in [0.3, 0.4) is 0 Å². The maximum atomic E-state index is 14.8. The molecule has 0 aliphatic carbocycles. The summed E-state index contributed by atoms with van der Waals surface area (Å²) >= 11 is 0. The predicted octanol–water partition coefficient (Wildman–Crippen LogP) is 2.95. The lowest BCUT2D eigenvalue weighted by Crippen LogP contribution is -2.42. The lowest BCUT2D eigenvalue weighted by atomic mass is 10.1. The number of imidazole rings is 1. The second kappa shape index (κ2) is 13.3.